The molecular formula is C21H28N6O2. The summed E-state index contributed by atoms with van der Waals surface area (Å²) < 4.78 is 1.69. The molecule has 1 aromatic heterocycles. The first-order chi connectivity index (χ1) is 13.9. The molecule has 2 amide bonds. The Hall–Kier alpha value is -3.03. The van der Waals surface area contributed by atoms with Gasteiger partial charge in [0.2, 0.25) is 0 Å². The van der Waals surface area contributed by atoms with Crippen LogP contribution in [0.4, 0.5) is 11.4 Å². The Kier molecular flexibility index (Phi) is 4.72. The number of nitrogens with zero attached hydrogens (tertiary/aromatic N) is 3. The maximum absolute atomic E-state index is 13.3. The highest BCUT2D eigenvalue weighted by Crippen LogP contribution is 2.42. The highest BCUT2D eigenvalue weighted by atomic mass is 16.2. The van der Waals surface area contributed by atoms with Gasteiger partial charge in [-0.25, -0.2) is 0 Å². The number of carbonyl (C=O) groups is 2. The van der Waals surface area contributed by atoms with E-state index in [0.29, 0.717) is 24.7 Å². The maximum atomic E-state index is 13.3. The summed E-state index contributed by atoms with van der Waals surface area (Å²) in [6, 6.07) is 7.63. The van der Waals surface area contributed by atoms with E-state index in [0.717, 1.165) is 41.9 Å². The number of aryl methyl sites for hydroxylation is 2. The first-order valence-electron chi connectivity index (χ1n) is 10.3. The predicted octanol–water partition coefficient (Wildman–Crippen LogP) is 2.30. The second kappa shape index (κ2) is 7.09. The molecule has 4 rings (SSSR count). The predicted molar refractivity (Wildman–Crippen MR) is 112 cm³/mol. The fraction of sp³-hybridized carbons (Fsp3) is 0.476. The second-order valence-electron chi connectivity index (χ2n) is 7.82. The zero-order valence-corrected chi connectivity index (χ0v) is 17.2. The van der Waals surface area contributed by atoms with E-state index < -0.39 is 11.7 Å². The lowest BCUT2D eigenvalue weighted by molar-refractivity contribution is -0.122. The summed E-state index contributed by atoms with van der Waals surface area (Å²) >= 11 is 0. The Morgan fingerprint density at radius 1 is 1.34 bits per heavy atom. The number of amides is 2. The Morgan fingerprint density at radius 2 is 2.10 bits per heavy atom. The van der Waals surface area contributed by atoms with Gasteiger partial charge in [0.1, 0.15) is 5.69 Å². The van der Waals surface area contributed by atoms with Crippen molar-refractivity contribution >= 4 is 23.2 Å². The third kappa shape index (κ3) is 3.12. The third-order valence-corrected chi connectivity index (χ3v) is 5.65. The van der Waals surface area contributed by atoms with E-state index in [1.807, 2.05) is 49.9 Å². The Balaban J connectivity index is 1.72. The van der Waals surface area contributed by atoms with Gasteiger partial charge >= 0.3 is 0 Å². The van der Waals surface area contributed by atoms with Gasteiger partial charge in [-0.3, -0.25) is 14.3 Å². The van der Waals surface area contributed by atoms with Gasteiger partial charge in [0, 0.05) is 19.0 Å². The van der Waals surface area contributed by atoms with Crippen molar-refractivity contribution in [2.75, 3.05) is 16.8 Å². The summed E-state index contributed by atoms with van der Waals surface area (Å²) in [6.07, 6.45) is 3.00. The molecule has 2 aliphatic rings. The molecule has 1 saturated carbocycles. The van der Waals surface area contributed by atoms with Gasteiger partial charge in [0.05, 0.1) is 17.1 Å². The van der Waals surface area contributed by atoms with E-state index in [-0.39, 0.29) is 5.91 Å². The number of nitrogens with one attached hydrogen (secondary N) is 2. The van der Waals surface area contributed by atoms with Crippen LogP contribution in [0.1, 0.15) is 60.8 Å². The van der Waals surface area contributed by atoms with Crippen molar-refractivity contribution in [1.82, 2.24) is 15.1 Å². The molecule has 1 unspecified atom stereocenters. The van der Waals surface area contributed by atoms with Crippen molar-refractivity contribution in [2.24, 2.45) is 5.73 Å². The number of nitrogens with two attached hydrogens (primary N) is 1. The smallest absolute Gasteiger partial charge is 0.286 e. The Bertz CT molecular complexity index is 964. The highest BCUT2D eigenvalue weighted by molar-refractivity contribution is 6.04. The van der Waals surface area contributed by atoms with Crippen LogP contribution in [-0.2, 0) is 11.3 Å². The SMILES string of the molecule is CCCN1c2c(C)cccc2NC1(NC(=O)c1cc(C2CC2)nn1CC)C(N)=O. The summed E-state index contributed by atoms with van der Waals surface area (Å²) in [5.74, 6) is -2.11. The number of aromatic nitrogens is 2. The van der Waals surface area contributed by atoms with Gasteiger partial charge in [-0.1, -0.05) is 19.1 Å². The van der Waals surface area contributed by atoms with Gasteiger partial charge in [0.15, 0.2) is 0 Å². The number of benzene rings is 1. The lowest BCUT2D eigenvalue weighted by Crippen LogP contribution is -2.70. The van der Waals surface area contributed by atoms with Gasteiger partial charge in [-0.05, 0) is 50.8 Å². The van der Waals surface area contributed by atoms with E-state index in [9.17, 15) is 9.59 Å². The molecule has 1 atom stereocenters. The van der Waals surface area contributed by atoms with Crippen LogP contribution in [0, 0.1) is 6.92 Å². The molecule has 2 aromatic rings. The fourth-order valence-corrected chi connectivity index (χ4v) is 4.07. The molecule has 1 fully saturated rings. The minimum Gasteiger partial charge on any atom is -0.364 e. The number of hydrogen-bond acceptors (Lipinski definition) is 5. The number of anilines is 2. The topological polar surface area (TPSA) is 105 Å². The van der Waals surface area contributed by atoms with Crippen LogP contribution >= 0.6 is 0 Å². The van der Waals surface area contributed by atoms with E-state index in [2.05, 4.69) is 15.7 Å². The number of carbonyl (C=O) groups excluding carboxylic acids is 2. The van der Waals surface area contributed by atoms with Crippen molar-refractivity contribution in [1.29, 1.82) is 0 Å². The van der Waals surface area contributed by atoms with Gasteiger partial charge in [-0.2, -0.15) is 5.10 Å². The molecule has 0 spiro atoms. The number of para-hydroxylation sites is 1. The van der Waals surface area contributed by atoms with Crippen molar-refractivity contribution in [3.63, 3.8) is 0 Å². The Labute approximate surface area is 170 Å². The van der Waals surface area contributed by atoms with E-state index >= 15 is 0 Å². The van der Waals surface area contributed by atoms with Crippen LogP contribution in [-0.4, -0.2) is 33.9 Å². The molecule has 1 aliphatic carbocycles. The van der Waals surface area contributed by atoms with Crippen LogP contribution in [0.2, 0.25) is 0 Å². The molecule has 8 heteroatoms. The number of rotatable bonds is 7. The van der Waals surface area contributed by atoms with Gasteiger partial charge < -0.3 is 21.3 Å². The van der Waals surface area contributed by atoms with Crippen LogP contribution in [0.25, 0.3) is 0 Å². The fourth-order valence-electron chi connectivity index (χ4n) is 4.07. The quantitative estimate of drug-likeness (QED) is 0.666. The monoisotopic (exact) mass is 396 g/mol. The first-order valence-corrected chi connectivity index (χ1v) is 10.3. The highest BCUT2D eigenvalue weighted by Gasteiger charge is 2.50. The molecule has 2 heterocycles. The molecule has 0 bridgehead atoms. The lowest BCUT2D eigenvalue weighted by Gasteiger charge is -2.37. The van der Waals surface area contributed by atoms with Crippen LogP contribution in [0.15, 0.2) is 24.3 Å². The molecular weight excluding hydrogens is 368 g/mol. The first kappa shape index (κ1) is 19.3. The maximum Gasteiger partial charge on any atom is 0.286 e. The molecule has 0 saturated heterocycles. The standard InChI is InChI=1S/C21H28N6O2/c1-4-11-26-18-13(3)7-6-8-15(18)23-21(26,20(22)29)24-19(28)17-12-16(14-9-10-14)25-27(17)5-2/h6-8,12,14,23H,4-5,9-11H2,1-3H3,(H2,22,29)(H,24,28). The lowest BCUT2D eigenvalue weighted by atomic mass is 10.1. The molecule has 4 N–H and O–H groups in total. The molecule has 8 nitrogen and oxygen atoms in total. The summed E-state index contributed by atoms with van der Waals surface area (Å²) in [5, 5.41) is 10.7. The van der Waals surface area contributed by atoms with Crippen molar-refractivity contribution < 1.29 is 9.59 Å². The molecule has 29 heavy (non-hydrogen) atoms. The molecule has 154 valence electrons. The average molecular weight is 396 g/mol. The normalized spacial score (nSPS) is 20.3. The zero-order chi connectivity index (χ0) is 20.8. The van der Waals surface area contributed by atoms with Crippen molar-refractivity contribution in [3.8, 4) is 0 Å². The molecule has 1 aromatic carbocycles. The average Bonchev–Trinajstić information content (AvgIpc) is 3.36. The third-order valence-electron chi connectivity index (χ3n) is 5.65. The minimum atomic E-state index is -1.52. The van der Waals surface area contributed by atoms with Gasteiger partial charge in [0.25, 0.3) is 17.6 Å². The van der Waals surface area contributed by atoms with Crippen LogP contribution in [0.5, 0.6) is 0 Å². The zero-order valence-electron chi connectivity index (χ0n) is 17.2. The van der Waals surface area contributed by atoms with Crippen LogP contribution in [0.3, 0.4) is 0 Å². The van der Waals surface area contributed by atoms with Gasteiger partial charge in [-0.15, -0.1) is 0 Å². The van der Waals surface area contributed by atoms with Crippen molar-refractivity contribution in [3.05, 3.63) is 41.2 Å². The van der Waals surface area contributed by atoms with E-state index in [1.165, 1.54) is 0 Å². The molecule has 0 radical (unpaired) electrons. The minimum absolute atomic E-state index is 0.371. The van der Waals surface area contributed by atoms with E-state index in [4.69, 9.17) is 5.73 Å². The largest absolute Gasteiger partial charge is 0.364 e. The summed E-state index contributed by atoms with van der Waals surface area (Å²) in [6.45, 7) is 7.09. The number of hydrogen-bond donors (Lipinski definition) is 3. The van der Waals surface area contributed by atoms with Crippen molar-refractivity contribution in [2.45, 2.75) is 58.3 Å². The second-order valence-corrected chi connectivity index (χ2v) is 7.82. The van der Waals surface area contributed by atoms with Crippen LogP contribution < -0.4 is 21.3 Å². The Morgan fingerprint density at radius 3 is 2.72 bits per heavy atom. The molecule has 1 aliphatic heterocycles. The summed E-state index contributed by atoms with van der Waals surface area (Å²) in [7, 11) is 0. The summed E-state index contributed by atoms with van der Waals surface area (Å²) in [4.78, 5) is 27.9. The summed E-state index contributed by atoms with van der Waals surface area (Å²) in [5.41, 5.74) is 9.92. The number of fused-ring (bicyclic) bond motifs is 1. The van der Waals surface area contributed by atoms with E-state index in [1.54, 1.807) is 4.68 Å². The number of primary amides is 1.